The predicted octanol–water partition coefficient (Wildman–Crippen LogP) is 3.55. The molecular weight excluding hydrogens is 238 g/mol. The van der Waals surface area contributed by atoms with Gasteiger partial charge in [0.15, 0.2) is 0 Å². The molecule has 0 heterocycles. The Labute approximate surface area is 117 Å². The first kappa shape index (κ1) is 16.0. The lowest BCUT2D eigenvalue weighted by atomic mass is 10.1. The molecule has 0 saturated heterocycles. The van der Waals surface area contributed by atoms with E-state index in [1.807, 2.05) is 0 Å². The van der Waals surface area contributed by atoms with E-state index in [0.29, 0.717) is 6.04 Å². The maximum atomic E-state index is 5.77. The van der Waals surface area contributed by atoms with Gasteiger partial charge in [0.25, 0.3) is 0 Å². The molecule has 0 fully saturated rings. The summed E-state index contributed by atoms with van der Waals surface area (Å²) in [5.74, 6) is 0.949. The van der Waals surface area contributed by atoms with Gasteiger partial charge >= 0.3 is 0 Å². The Kier molecular flexibility index (Phi) is 7.53. The lowest BCUT2D eigenvalue weighted by Crippen LogP contribution is -2.20. The number of hydrogen-bond acceptors (Lipinski definition) is 3. The molecule has 0 aliphatic carbocycles. The van der Waals surface area contributed by atoms with Crippen molar-refractivity contribution >= 4 is 0 Å². The second kappa shape index (κ2) is 8.94. The van der Waals surface area contributed by atoms with E-state index < -0.39 is 0 Å². The molecule has 3 heteroatoms. The first-order chi connectivity index (χ1) is 9.17. The normalized spacial score (nSPS) is 14.1. The van der Waals surface area contributed by atoms with E-state index in [0.717, 1.165) is 31.7 Å². The van der Waals surface area contributed by atoms with Crippen LogP contribution in [0.5, 0.6) is 5.75 Å². The summed E-state index contributed by atoms with van der Waals surface area (Å²) in [5.41, 5.74) is 1.29. The topological polar surface area (TPSA) is 30.5 Å². The van der Waals surface area contributed by atoms with Crippen LogP contribution in [0.1, 0.15) is 45.2 Å². The molecule has 108 valence electrons. The van der Waals surface area contributed by atoms with Gasteiger partial charge in [-0.15, -0.1) is 0 Å². The van der Waals surface area contributed by atoms with Crippen molar-refractivity contribution < 1.29 is 9.47 Å². The fourth-order valence-corrected chi connectivity index (χ4v) is 1.80. The predicted molar refractivity (Wildman–Crippen MR) is 79.7 cm³/mol. The number of ether oxygens (including phenoxy) is 2. The van der Waals surface area contributed by atoms with Crippen molar-refractivity contribution in [3.05, 3.63) is 29.8 Å². The highest BCUT2D eigenvalue weighted by Crippen LogP contribution is 2.19. The van der Waals surface area contributed by atoms with Crippen molar-refractivity contribution in [2.75, 3.05) is 20.3 Å². The third kappa shape index (κ3) is 6.08. The van der Waals surface area contributed by atoms with Crippen LogP contribution in [-0.2, 0) is 4.74 Å². The van der Waals surface area contributed by atoms with Gasteiger partial charge in [-0.3, -0.25) is 0 Å². The van der Waals surface area contributed by atoms with E-state index in [1.54, 1.807) is 7.11 Å². The third-order valence-corrected chi connectivity index (χ3v) is 3.27. The molecule has 0 unspecified atom stereocenters. The number of rotatable bonds is 9. The molecule has 0 spiro atoms. The third-order valence-electron chi connectivity index (χ3n) is 3.27. The first-order valence-corrected chi connectivity index (χ1v) is 7.16. The van der Waals surface area contributed by atoms with Crippen LogP contribution in [0, 0.1) is 0 Å². The molecule has 0 saturated carbocycles. The van der Waals surface area contributed by atoms with Gasteiger partial charge in [0.05, 0.1) is 6.10 Å². The Balaban J connectivity index is 2.41. The molecule has 0 radical (unpaired) electrons. The molecular formula is C16H27NO2. The minimum Gasteiger partial charge on any atom is -0.491 e. The Bertz CT molecular complexity index is 337. The Morgan fingerprint density at radius 3 is 2.42 bits per heavy atom. The van der Waals surface area contributed by atoms with Crippen LogP contribution in [0.2, 0.25) is 0 Å². The molecule has 1 rings (SSSR count). The van der Waals surface area contributed by atoms with Gasteiger partial charge in [-0.2, -0.15) is 0 Å². The van der Waals surface area contributed by atoms with Gasteiger partial charge in [0, 0.05) is 19.8 Å². The lowest BCUT2D eigenvalue weighted by Gasteiger charge is -2.16. The monoisotopic (exact) mass is 265 g/mol. The standard InChI is InChI=1S/C16H27NO2/c1-5-13(2)19-16-9-7-15(8-10-16)14(3)17-11-6-12-18-4/h7-10,13-14,17H,5-6,11-12H2,1-4H3/t13-,14-/m0/s1. The van der Waals surface area contributed by atoms with Crippen LogP contribution in [0.15, 0.2) is 24.3 Å². The van der Waals surface area contributed by atoms with Gasteiger partial charge in [0.1, 0.15) is 5.75 Å². The summed E-state index contributed by atoms with van der Waals surface area (Å²) in [5, 5.41) is 3.48. The molecule has 2 atom stereocenters. The molecule has 0 aliphatic heterocycles. The summed E-state index contributed by atoms with van der Waals surface area (Å²) >= 11 is 0. The van der Waals surface area contributed by atoms with Crippen molar-refractivity contribution in [1.29, 1.82) is 0 Å². The second-order valence-corrected chi connectivity index (χ2v) is 4.93. The van der Waals surface area contributed by atoms with Crippen LogP contribution in [0.3, 0.4) is 0 Å². The quantitative estimate of drug-likeness (QED) is 0.693. The average Bonchev–Trinajstić information content (AvgIpc) is 2.44. The molecule has 0 amide bonds. The Hall–Kier alpha value is -1.06. The van der Waals surface area contributed by atoms with Crippen molar-refractivity contribution in [3.63, 3.8) is 0 Å². The lowest BCUT2D eigenvalue weighted by molar-refractivity contribution is 0.193. The van der Waals surface area contributed by atoms with Crippen LogP contribution in [0.25, 0.3) is 0 Å². The SMILES string of the molecule is CC[C@H](C)Oc1ccc([C@H](C)NCCCOC)cc1. The van der Waals surface area contributed by atoms with Crippen LogP contribution in [0.4, 0.5) is 0 Å². The van der Waals surface area contributed by atoms with Crippen molar-refractivity contribution in [2.45, 2.75) is 45.8 Å². The van der Waals surface area contributed by atoms with E-state index >= 15 is 0 Å². The molecule has 0 aliphatic rings. The summed E-state index contributed by atoms with van der Waals surface area (Å²) in [6.07, 6.45) is 2.34. The van der Waals surface area contributed by atoms with Crippen molar-refractivity contribution in [2.24, 2.45) is 0 Å². The van der Waals surface area contributed by atoms with Gasteiger partial charge in [-0.1, -0.05) is 19.1 Å². The average molecular weight is 265 g/mol. The zero-order valence-electron chi connectivity index (χ0n) is 12.6. The zero-order valence-corrected chi connectivity index (χ0v) is 12.6. The highest BCUT2D eigenvalue weighted by atomic mass is 16.5. The fourth-order valence-electron chi connectivity index (χ4n) is 1.80. The number of hydrogen-bond donors (Lipinski definition) is 1. The number of methoxy groups -OCH3 is 1. The van der Waals surface area contributed by atoms with E-state index in [9.17, 15) is 0 Å². The minimum atomic E-state index is 0.274. The molecule has 19 heavy (non-hydrogen) atoms. The Morgan fingerprint density at radius 1 is 1.16 bits per heavy atom. The van der Waals surface area contributed by atoms with E-state index in [1.165, 1.54) is 5.56 Å². The summed E-state index contributed by atoms with van der Waals surface area (Å²) in [6, 6.07) is 8.72. The summed E-state index contributed by atoms with van der Waals surface area (Å²) in [6.45, 7) is 8.18. The van der Waals surface area contributed by atoms with Crippen molar-refractivity contribution in [1.82, 2.24) is 5.32 Å². The largest absolute Gasteiger partial charge is 0.491 e. The van der Waals surface area contributed by atoms with Gasteiger partial charge < -0.3 is 14.8 Å². The summed E-state index contributed by atoms with van der Waals surface area (Å²) in [4.78, 5) is 0. The van der Waals surface area contributed by atoms with Gasteiger partial charge in [-0.25, -0.2) is 0 Å². The summed E-state index contributed by atoms with van der Waals surface area (Å²) < 4.78 is 10.8. The number of benzene rings is 1. The van der Waals surface area contributed by atoms with E-state index in [2.05, 4.69) is 50.4 Å². The maximum absolute atomic E-state index is 5.77. The molecule has 1 N–H and O–H groups in total. The summed E-state index contributed by atoms with van der Waals surface area (Å²) in [7, 11) is 1.74. The van der Waals surface area contributed by atoms with Crippen LogP contribution in [-0.4, -0.2) is 26.4 Å². The van der Waals surface area contributed by atoms with Gasteiger partial charge in [0.2, 0.25) is 0 Å². The molecule has 0 bridgehead atoms. The Morgan fingerprint density at radius 2 is 1.84 bits per heavy atom. The van der Waals surface area contributed by atoms with E-state index in [4.69, 9.17) is 9.47 Å². The minimum absolute atomic E-state index is 0.274. The van der Waals surface area contributed by atoms with E-state index in [-0.39, 0.29) is 6.10 Å². The highest BCUT2D eigenvalue weighted by Gasteiger charge is 2.05. The molecule has 1 aromatic rings. The molecule has 3 nitrogen and oxygen atoms in total. The second-order valence-electron chi connectivity index (χ2n) is 4.93. The van der Waals surface area contributed by atoms with Crippen molar-refractivity contribution in [3.8, 4) is 5.75 Å². The number of nitrogens with one attached hydrogen (secondary N) is 1. The zero-order chi connectivity index (χ0) is 14.1. The maximum Gasteiger partial charge on any atom is 0.119 e. The fraction of sp³-hybridized carbons (Fsp3) is 0.625. The first-order valence-electron chi connectivity index (χ1n) is 7.16. The van der Waals surface area contributed by atoms with Gasteiger partial charge in [-0.05, 0) is 50.9 Å². The van der Waals surface area contributed by atoms with Crippen LogP contribution < -0.4 is 10.1 Å². The molecule has 1 aromatic carbocycles. The smallest absolute Gasteiger partial charge is 0.119 e. The van der Waals surface area contributed by atoms with Crippen LogP contribution >= 0.6 is 0 Å². The molecule has 0 aromatic heterocycles. The highest BCUT2D eigenvalue weighted by molar-refractivity contribution is 5.29.